The molecule has 0 spiro atoms. The fourth-order valence-corrected chi connectivity index (χ4v) is 2.74. The van der Waals surface area contributed by atoms with E-state index in [0.717, 1.165) is 31.7 Å². The summed E-state index contributed by atoms with van der Waals surface area (Å²) in [5.74, 6) is 1.44. The van der Waals surface area contributed by atoms with E-state index in [1.807, 2.05) is 24.1 Å². The van der Waals surface area contributed by atoms with Gasteiger partial charge in [-0.25, -0.2) is 0 Å². The van der Waals surface area contributed by atoms with Crippen molar-refractivity contribution in [3.8, 4) is 11.5 Å². The van der Waals surface area contributed by atoms with Crippen LogP contribution in [-0.4, -0.2) is 50.2 Å². The minimum atomic E-state index is 0. The Morgan fingerprint density at radius 1 is 1.19 bits per heavy atom. The van der Waals surface area contributed by atoms with E-state index in [-0.39, 0.29) is 18.3 Å². The molecule has 0 radical (unpaired) electrons. The topological polar surface area (TPSA) is 50.8 Å². The van der Waals surface area contributed by atoms with Crippen LogP contribution in [0.5, 0.6) is 11.5 Å². The number of carbonyl (C=O) groups excluding carboxylic acids is 1. The van der Waals surface area contributed by atoms with Gasteiger partial charge in [-0.1, -0.05) is 0 Å². The molecule has 0 aromatic heterocycles. The van der Waals surface area contributed by atoms with Crippen molar-refractivity contribution in [2.75, 3.05) is 33.4 Å². The van der Waals surface area contributed by atoms with Crippen LogP contribution in [0, 0.1) is 0 Å². The zero-order chi connectivity index (χ0) is 13.9. The zero-order valence-electron chi connectivity index (χ0n) is 12.1. The second kappa shape index (κ2) is 7.00. The maximum atomic E-state index is 12.5. The maximum Gasteiger partial charge on any atom is 0.253 e. The zero-order valence-corrected chi connectivity index (χ0v) is 12.9. The van der Waals surface area contributed by atoms with Gasteiger partial charge < -0.3 is 19.7 Å². The summed E-state index contributed by atoms with van der Waals surface area (Å²) in [5, 5.41) is 3.31. The summed E-state index contributed by atoms with van der Waals surface area (Å²) in [7, 11) is 1.88. The van der Waals surface area contributed by atoms with Crippen LogP contribution in [0.15, 0.2) is 18.2 Å². The van der Waals surface area contributed by atoms with Gasteiger partial charge in [0.25, 0.3) is 5.91 Å². The van der Waals surface area contributed by atoms with E-state index < -0.39 is 0 Å². The lowest BCUT2D eigenvalue weighted by Crippen LogP contribution is -2.43. The highest BCUT2D eigenvalue weighted by molar-refractivity contribution is 5.95. The van der Waals surface area contributed by atoms with Crippen LogP contribution < -0.4 is 14.8 Å². The van der Waals surface area contributed by atoms with Crippen molar-refractivity contribution < 1.29 is 14.3 Å². The number of carbonyl (C=O) groups is 1. The lowest BCUT2D eigenvalue weighted by molar-refractivity contribution is 0.0702. The van der Waals surface area contributed by atoms with Crippen LogP contribution in [-0.2, 0) is 0 Å². The van der Waals surface area contributed by atoms with Crippen molar-refractivity contribution in [2.45, 2.75) is 18.9 Å². The molecule has 1 aromatic rings. The average Bonchev–Trinajstić information content (AvgIpc) is 2.54. The maximum absolute atomic E-state index is 12.5. The van der Waals surface area contributed by atoms with Gasteiger partial charge >= 0.3 is 0 Å². The van der Waals surface area contributed by atoms with Crippen LogP contribution in [0.3, 0.4) is 0 Å². The summed E-state index contributed by atoms with van der Waals surface area (Å²) in [6, 6.07) is 5.73. The van der Waals surface area contributed by atoms with Crippen molar-refractivity contribution in [1.82, 2.24) is 10.2 Å². The molecule has 116 valence electrons. The number of piperidine rings is 1. The highest BCUT2D eigenvalue weighted by atomic mass is 35.5. The van der Waals surface area contributed by atoms with Gasteiger partial charge in [0.05, 0.1) is 0 Å². The molecule has 3 rings (SSSR count). The molecule has 1 amide bonds. The second-order valence-corrected chi connectivity index (χ2v) is 5.26. The van der Waals surface area contributed by atoms with E-state index in [0.29, 0.717) is 30.6 Å². The van der Waals surface area contributed by atoms with Crippen molar-refractivity contribution in [2.24, 2.45) is 0 Å². The summed E-state index contributed by atoms with van der Waals surface area (Å²) in [4.78, 5) is 14.4. The predicted octanol–water partition coefficient (Wildman–Crippen LogP) is 1.70. The first-order valence-corrected chi connectivity index (χ1v) is 7.13. The molecule has 2 aliphatic heterocycles. The molecular formula is C15H21ClN2O3. The normalized spacial score (nSPS) is 17.8. The van der Waals surface area contributed by atoms with E-state index in [9.17, 15) is 4.79 Å². The van der Waals surface area contributed by atoms with Gasteiger partial charge in [0.2, 0.25) is 0 Å². The van der Waals surface area contributed by atoms with Crippen LogP contribution in [0.1, 0.15) is 23.2 Å². The molecule has 0 bridgehead atoms. The second-order valence-electron chi connectivity index (χ2n) is 5.26. The van der Waals surface area contributed by atoms with Gasteiger partial charge in [-0.3, -0.25) is 4.79 Å². The number of hydrogen-bond donors (Lipinski definition) is 1. The van der Waals surface area contributed by atoms with Crippen LogP contribution >= 0.6 is 12.4 Å². The lowest BCUT2D eigenvalue weighted by atomic mass is 10.0. The number of nitrogens with zero attached hydrogens (tertiary/aromatic N) is 1. The van der Waals surface area contributed by atoms with Gasteiger partial charge in [0.1, 0.15) is 13.2 Å². The van der Waals surface area contributed by atoms with E-state index in [1.165, 1.54) is 0 Å². The van der Waals surface area contributed by atoms with Crippen LogP contribution in [0.25, 0.3) is 0 Å². The molecule has 5 nitrogen and oxygen atoms in total. The van der Waals surface area contributed by atoms with Gasteiger partial charge in [-0.05, 0) is 44.1 Å². The van der Waals surface area contributed by atoms with E-state index in [1.54, 1.807) is 6.07 Å². The minimum absolute atomic E-state index is 0. The van der Waals surface area contributed by atoms with Gasteiger partial charge in [-0.2, -0.15) is 0 Å². The highest BCUT2D eigenvalue weighted by Crippen LogP contribution is 2.31. The molecule has 1 aromatic carbocycles. The first-order chi connectivity index (χ1) is 9.75. The molecular weight excluding hydrogens is 292 g/mol. The van der Waals surface area contributed by atoms with Crippen LogP contribution in [0.2, 0.25) is 0 Å². The number of nitrogens with one attached hydrogen (secondary N) is 1. The molecule has 1 N–H and O–H groups in total. The molecule has 0 saturated carbocycles. The van der Waals surface area contributed by atoms with Crippen molar-refractivity contribution in [1.29, 1.82) is 0 Å². The Bertz CT molecular complexity index is 504. The Balaban J connectivity index is 0.00000161. The SMILES string of the molecule is CN(C(=O)c1ccc2c(c1)OCCO2)C1CCNCC1.Cl. The lowest BCUT2D eigenvalue weighted by Gasteiger charge is -2.32. The van der Waals surface area contributed by atoms with Crippen LogP contribution in [0.4, 0.5) is 0 Å². The number of amides is 1. The highest BCUT2D eigenvalue weighted by Gasteiger charge is 2.24. The van der Waals surface area contributed by atoms with Gasteiger partial charge in [0.15, 0.2) is 11.5 Å². The minimum Gasteiger partial charge on any atom is -0.486 e. The Morgan fingerprint density at radius 2 is 1.86 bits per heavy atom. The van der Waals surface area contributed by atoms with E-state index in [4.69, 9.17) is 9.47 Å². The summed E-state index contributed by atoms with van der Waals surface area (Å²) >= 11 is 0. The molecule has 1 saturated heterocycles. The average molecular weight is 313 g/mol. The number of hydrogen-bond acceptors (Lipinski definition) is 4. The number of halogens is 1. The molecule has 6 heteroatoms. The first-order valence-electron chi connectivity index (χ1n) is 7.13. The van der Waals surface area contributed by atoms with Crippen molar-refractivity contribution >= 4 is 18.3 Å². The molecule has 21 heavy (non-hydrogen) atoms. The third-order valence-corrected chi connectivity index (χ3v) is 3.97. The fourth-order valence-electron chi connectivity index (χ4n) is 2.74. The first kappa shape index (κ1) is 15.9. The van der Waals surface area contributed by atoms with E-state index >= 15 is 0 Å². The molecule has 0 unspecified atom stereocenters. The quantitative estimate of drug-likeness (QED) is 0.903. The number of fused-ring (bicyclic) bond motifs is 1. The summed E-state index contributed by atoms with van der Waals surface area (Å²) in [5.41, 5.74) is 0.662. The molecule has 2 heterocycles. The Kier molecular flexibility index (Phi) is 5.31. The Morgan fingerprint density at radius 3 is 2.57 bits per heavy atom. The largest absolute Gasteiger partial charge is 0.486 e. The third-order valence-electron chi connectivity index (χ3n) is 3.97. The molecule has 0 aliphatic carbocycles. The number of benzene rings is 1. The van der Waals surface area contributed by atoms with Gasteiger partial charge in [0, 0.05) is 18.7 Å². The van der Waals surface area contributed by atoms with Crippen molar-refractivity contribution in [3.63, 3.8) is 0 Å². The number of ether oxygens (including phenoxy) is 2. The van der Waals surface area contributed by atoms with E-state index in [2.05, 4.69) is 5.32 Å². The monoisotopic (exact) mass is 312 g/mol. The standard InChI is InChI=1S/C15H20N2O3.ClH/c1-17(12-4-6-16-7-5-12)15(18)11-2-3-13-14(10-11)20-9-8-19-13;/h2-3,10,12,16H,4-9H2,1H3;1H. The fraction of sp³-hybridized carbons (Fsp3) is 0.533. The molecule has 2 aliphatic rings. The Labute approximate surface area is 131 Å². The Hall–Kier alpha value is -1.46. The third kappa shape index (κ3) is 3.41. The van der Waals surface area contributed by atoms with Gasteiger partial charge in [-0.15, -0.1) is 12.4 Å². The summed E-state index contributed by atoms with van der Waals surface area (Å²) < 4.78 is 11.0. The molecule has 1 fully saturated rings. The molecule has 0 atom stereocenters. The smallest absolute Gasteiger partial charge is 0.253 e. The summed E-state index contributed by atoms with van der Waals surface area (Å²) in [6.45, 7) is 3.05. The number of rotatable bonds is 2. The predicted molar refractivity (Wildman–Crippen MR) is 82.7 cm³/mol. The van der Waals surface area contributed by atoms with Crippen molar-refractivity contribution in [3.05, 3.63) is 23.8 Å². The summed E-state index contributed by atoms with van der Waals surface area (Å²) in [6.07, 6.45) is 2.01.